The van der Waals surface area contributed by atoms with Crippen LogP contribution in [0.25, 0.3) is 0 Å². The molecule has 0 bridgehead atoms. The third-order valence-electron chi connectivity index (χ3n) is 7.27. The molecule has 35 heavy (non-hydrogen) atoms. The number of hydrogen-bond donors (Lipinski definition) is 0. The van der Waals surface area contributed by atoms with E-state index in [1.165, 1.54) is 11.0 Å². The zero-order valence-electron chi connectivity index (χ0n) is 19.5. The maximum atomic E-state index is 13.9. The van der Waals surface area contributed by atoms with E-state index < -0.39 is 23.0 Å². The Morgan fingerprint density at radius 3 is 2.49 bits per heavy atom. The van der Waals surface area contributed by atoms with Crippen molar-refractivity contribution >= 4 is 23.2 Å². The summed E-state index contributed by atoms with van der Waals surface area (Å²) < 4.78 is 43.6. The standard InChI is InChI=1S/C26H26ClF3N4O/c1-15(27)18-11-20-21(22(12-18)26(28,29)30)13-34(25(20)35)19-9-5-8-17(10-19)23(16-6-3-4-7-16)24-32-31-14-33(24)2/h5,8-12,14-16,23H,3-4,6-7,13H2,1-2H3/t15?,23-/m1/s1. The highest BCUT2D eigenvalue weighted by molar-refractivity contribution is 6.20. The van der Waals surface area contributed by atoms with Gasteiger partial charge in [-0.3, -0.25) is 4.79 Å². The molecule has 9 heteroatoms. The van der Waals surface area contributed by atoms with Gasteiger partial charge in [0.15, 0.2) is 0 Å². The minimum atomic E-state index is -4.58. The van der Waals surface area contributed by atoms with Gasteiger partial charge in [-0.05, 0) is 66.6 Å². The predicted molar refractivity (Wildman–Crippen MR) is 127 cm³/mol. The normalized spacial score (nSPS) is 18.2. The Balaban J connectivity index is 1.55. The van der Waals surface area contributed by atoms with Crippen molar-refractivity contribution < 1.29 is 18.0 Å². The number of rotatable bonds is 5. The van der Waals surface area contributed by atoms with Crippen molar-refractivity contribution in [3.8, 4) is 0 Å². The first kappa shape index (κ1) is 23.9. The van der Waals surface area contributed by atoms with Gasteiger partial charge in [0.1, 0.15) is 12.2 Å². The van der Waals surface area contributed by atoms with Crippen LogP contribution in [-0.4, -0.2) is 20.7 Å². The smallest absolute Gasteiger partial charge is 0.320 e. The fourth-order valence-corrected chi connectivity index (χ4v) is 5.63. The SMILES string of the molecule is CC(Cl)c1cc2c(c(C(F)(F)F)c1)CN(c1cccc([C@H](c3nncn3C)C3CCCC3)c1)C2=O. The van der Waals surface area contributed by atoms with Crippen LogP contribution in [-0.2, 0) is 19.8 Å². The Bertz CT molecular complexity index is 1260. The van der Waals surface area contributed by atoms with Crippen molar-refractivity contribution in [1.29, 1.82) is 0 Å². The molecule has 0 saturated heterocycles. The molecular formula is C26H26ClF3N4O. The quantitative estimate of drug-likeness (QED) is 0.368. The molecule has 184 valence electrons. The zero-order valence-corrected chi connectivity index (χ0v) is 20.3. The summed E-state index contributed by atoms with van der Waals surface area (Å²) in [6.07, 6.45) is 1.55. The van der Waals surface area contributed by atoms with Crippen LogP contribution >= 0.6 is 11.6 Å². The van der Waals surface area contributed by atoms with Crippen molar-refractivity contribution in [3.05, 3.63) is 76.4 Å². The number of alkyl halides is 4. The fourth-order valence-electron chi connectivity index (χ4n) is 5.50. The van der Waals surface area contributed by atoms with Crippen molar-refractivity contribution in [2.45, 2.75) is 56.6 Å². The average Bonchev–Trinajstić information content (AvgIpc) is 3.55. The molecule has 5 nitrogen and oxygen atoms in total. The lowest BCUT2D eigenvalue weighted by Crippen LogP contribution is -2.24. The lowest BCUT2D eigenvalue weighted by molar-refractivity contribution is -0.138. The number of hydrogen-bond acceptors (Lipinski definition) is 3. The number of nitrogens with zero attached hydrogens (tertiary/aromatic N) is 4. The molecule has 1 aliphatic heterocycles. The molecule has 2 aliphatic rings. The van der Waals surface area contributed by atoms with Crippen LogP contribution in [0.5, 0.6) is 0 Å². The summed E-state index contributed by atoms with van der Waals surface area (Å²) in [5.74, 6) is 0.798. The predicted octanol–water partition coefficient (Wildman–Crippen LogP) is 6.62. The highest BCUT2D eigenvalue weighted by Gasteiger charge is 2.41. The molecule has 5 rings (SSSR count). The summed E-state index contributed by atoms with van der Waals surface area (Å²) in [4.78, 5) is 14.8. The summed E-state index contributed by atoms with van der Waals surface area (Å²) in [6, 6.07) is 10.1. The maximum Gasteiger partial charge on any atom is 0.416 e. The number of carbonyl (C=O) groups excluding carboxylic acids is 1. The highest BCUT2D eigenvalue weighted by atomic mass is 35.5. The van der Waals surface area contributed by atoms with Gasteiger partial charge in [-0.1, -0.05) is 25.0 Å². The molecule has 0 spiro atoms. The number of benzene rings is 2. The van der Waals surface area contributed by atoms with Crippen LogP contribution in [0.1, 0.15) is 82.3 Å². The van der Waals surface area contributed by atoms with Gasteiger partial charge in [0.2, 0.25) is 0 Å². The van der Waals surface area contributed by atoms with Gasteiger partial charge < -0.3 is 9.47 Å². The topological polar surface area (TPSA) is 51.0 Å². The van der Waals surface area contributed by atoms with Crippen molar-refractivity contribution in [3.63, 3.8) is 0 Å². The van der Waals surface area contributed by atoms with E-state index in [0.717, 1.165) is 43.1 Å². The van der Waals surface area contributed by atoms with Gasteiger partial charge in [0.05, 0.1) is 17.5 Å². The Kier molecular flexibility index (Phi) is 6.11. The van der Waals surface area contributed by atoms with Crippen LogP contribution < -0.4 is 4.90 Å². The Morgan fingerprint density at radius 2 is 1.86 bits per heavy atom. The third-order valence-corrected chi connectivity index (χ3v) is 7.52. The molecule has 2 aromatic carbocycles. The maximum absolute atomic E-state index is 13.9. The first-order valence-electron chi connectivity index (χ1n) is 11.8. The third kappa shape index (κ3) is 4.33. The molecule has 1 aliphatic carbocycles. The monoisotopic (exact) mass is 502 g/mol. The van der Waals surface area contributed by atoms with E-state index in [-0.39, 0.29) is 29.2 Å². The van der Waals surface area contributed by atoms with Gasteiger partial charge in [-0.25, -0.2) is 0 Å². The van der Waals surface area contributed by atoms with Crippen LogP contribution in [0.3, 0.4) is 0 Å². The van der Waals surface area contributed by atoms with Crippen molar-refractivity contribution in [1.82, 2.24) is 14.8 Å². The second kappa shape index (κ2) is 8.97. The molecule has 0 N–H and O–H groups in total. The van der Waals surface area contributed by atoms with Crippen LogP contribution in [0.2, 0.25) is 0 Å². The number of amides is 1. The Morgan fingerprint density at radius 1 is 1.11 bits per heavy atom. The summed E-state index contributed by atoms with van der Waals surface area (Å²) in [7, 11) is 1.91. The summed E-state index contributed by atoms with van der Waals surface area (Å²) in [6.45, 7) is 1.46. The lowest BCUT2D eigenvalue weighted by Gasteiger charge is -2.25. The van der Waals surface area contributed by atoms with Gasteiger partial charge in [0, 0.05) is 24.2 Å². The number of aryl methyl sites for hydroxylation is 1. The highest BCUT2D eigenvalue weighted by Crippen LogP contribution is 2.44. The van der Waals surface area contributed by atoms with Gasteiger partial charge in [-0.15, -0.1) is 21.8 Å². The number of aromatic nitrogens is 3. The van der Waals surface area contributed by atoms with Gasteiger partial charge in [-0.2, -0.15) is 13.2 Å². The van der Waals surface area contributed by atoms with E-state index in [4.69, 9.17) is 11.6 Å². The molecule has 3 aromatic rings. The molecule has 1 fully saturated rings. The average molecular weight is 503 g/mol. The van der Waals surface area contributed by atoms with Gasteiger partial charge in [0.25, 0.3) is 5.91 Å². The van der Waals surface area contributed by atoms with Crippen LogP contribution in [0.4, 0.5) is 18.9 Å². The minimum absolute atomic E-state index is 0.000493. The minimum Gasteiger partial charge on any atom is -0.320 e. The van der Waals surface area contributed by atoms with E-state index in [1.807, 2.05) is 29.8 Å². The Hall–Kier alpha value is -2.87. The lowest BCUT2D eigenvalue weighted by atomic mass is 9.84. The number of carbonyl (C=O) groups is 1. The van der Waals surface area contributed by atoms with E-state index in [9.17, 15) is 18.0 Å². The fraction of sp³-hybridized carbons (Fsp3) is 0.423. The number of halogens is 4. The second-order valence-electron chi connectivity index (χ2n) is 9.52. The molecular weight excluding hydrogens is 477 g/mol. The largest absolute Gasteiger partial charge is 0.416 e. The molecule has 1 aromatic heterocycles. The molecule has 0 radical (unpaired) electrons. The molecule has 1 unspecified atom stereocenters. The van der Waals surface area contributed by atoms with Crippen LogP contribution in [0.15, 0.2) is 42.7 Å². The molecule has 1 saturated carbocycles. The van der Waals surface area contributed by atoms with E-state index in [0.29, 0.717) is 11.6 Å². The van der Waals surface area contributed by atoms with E-state index in [1.54, 1.807) is 19.3 Å². The first-order chi connectivity index (χ1) is 16.6. The van der Waals surface area contributed by atoms with Crippen LogP contribution in [0, 0.1) is 5.92 Å². The first-order valence-corrected chi connectivity index (χ1v) is 12.2. The number of anilines is 1. The van der Waals surface area contributed by atoms with Crippen molar-refractivity contribution in [2.75, 3.05) is 4.90 Å². The van der Waals surface area contributed by atoms with E-state index >= 15 is 0 Å². The summed E-state index contributed by atoms with van der Waals surface area (Å²) in [5.41, 5.74) is 1.10. The van der Waals surface area contributed by atoms with E-state index in [2.05, 4.69) is 10.2 Å². The number of fused-ring (bicyclic) bond motifs is 1. The zero-order chi connectivity index (χ0) is 24.9. The molecule has 2 heterocycles. The van der Waals surface area contributed by atoms with Crippen molar-refractivity contribution in [2.24, 2.45) is 13.0 Å². The second-order valence-corrected chi connectivity index (χ2v) is 10.2. The van der Waals surface area contributed by atoms with Gasteiger partial charge >= 0.3 is 6.18 Å². The molecule has 1 amide bonds. The Labute approximate surface area is 206 Å². The summed E-state index contributed by atoms with van der Waals surface area (Å²) in [5, 5.41) is 7.79. The molecule has 2 atom stereocenters. The summed E-state index contributed by atoms with van der Waals surface area (Å²) >= 11 is 6.10.